The monoisotopic (exact) mass is 293 g/mol. The molecule has 2 aromatic heterocycles. The summed E-state index contributed by atoms with van der Waals surface area (Å²) in [5.74, 6) is -1.22. The summed E-state index contributed by atoms with van der Waals surface area (Å²) in [4.78, 5) is 33.8. The number of aromatic carboxylic acids is 1. The number of aromatic nitrogens is 3. The highest BCUT2D eigenvalue weighted by Gasteiger charge is 2.19. The van der Waals surface area contributed by atoms with E-state index in [0.29, 0.717) is 29.7 Å². The van der Waals surface area contributed by atoms with Crippen LogP contribution in [0.1, 0.15) is 36.9 Å². The first kappa shape index (κ1) is 8.76. The van der Waals surface area contributed by atoms with Crippen LogP contribution in [0.5, 0.6) is 0 Å². The molecule has 1 aliphatic heterocycles. The van der Waals surface area contributed by atoms with Gasteiger partial charge in [0, 0.05) is 32.6 Å². The predicted molar refractivity (Wildman–Crippen MR) is 77.9 cm³/mol. The Labute approximate surface area is 127 Å². The lowest BCUT2D eigenvalue weighted by atomic mass is 10.2. The maximum atomic E-state index is 12.4. The first-order valence-corrected chi connectivity index (χ1v) is 6.45. The number of pyridine rings is 1. The van der Waals surface area contributed by atoms with Gasteiger partial charge in [-0.2, -0.15) is 0 Å². The lowest BCUT2D eigenvalue weighted by Crippen LogP contribution is -2.23. The number of carboxylic acids is 1. The summed E-state index contributed by atoms with van der Waals surface area (Å²) in [6.45, 7) is -4.68. The van der Waals surface area contributed by atoms with Gasteiger partial charge in [0.05, 0.1) is 6.20 Å². The van der Waals surface area contributed by atoms with Crippen molar-refractivity contribution >= 4 is 23.0 Å². The van der Waals surface area contributed by atoms with E-state index in [1.807, 2.05) is 4.90 Å². The van der Waals surface area contributed by atoms with Gasteiger partial charge < -0.3 is 14.6 Å². The van der Waals surface area contributed by atoms with Crippen LogP contribution in [0.2, 0.25) is 0 Å². The maximum Gasteiger partial charge on any atom is 0.341 e. The van der Waals surface area contributed by atoms with Crippen LogP contribution in [0.4, 0.5) is 5.82 Å². The van der Waals surface area contributed by atoms with E-state index in [2.05, 4.69) is 9.97 Å². The van der Waals surface area contributed by atoms with Crippen molar-refractivity contribution in [1.29, 1.82) is 0 Å². The molecule has 3 heterocycles. The van der Waals surface area contributed by atoms with E-state index in [1.165, 1.54) is 6.20 Å². The molecule has 0 spiro atoms. The van der Waals surface area contributed by atoms with Gasteiger partial charge in [-0.1, -0.05) is 0 Å². The molecule has 3 rings (SSSR count). The maximum absolute atomic E-state index is 12.4. The Morgan fingerprint density at radius 2 is 2.29 bits per heavy atom. The Kier molecular flexibility index (Phi) is 2.15. The Bertz CT molecular complexity index is 935. The Morgan fingerprint density at radius 3 is 2.95 bits per heavy atom. The van der Waals surface area contributed by atoms with Crippen molar-refractivity contribution in [3.05, 3.63) is 28.2 Å². The standard InChI is InChI=1S/C14H16N4O3/c1-2-17-8-9(14(20)21)12(19)11-13(17)16-10(7-15-11)18-5-3-4-6-18/h7-8H,2-6H2,1H3,(H,20,21)/i1D3,2D2. The van der Waals surface area contributed by atoms with Gasteiger partial charge in [0.15, 0.2) is 11.2 Å². The zero-order valence-corrected chi connectivity index (χ0v) is 11.0. The molecule has 0 aliphatic carbocycles. The summed E-state index contributed by atoms with van der Waals surface area (Å²) in [5.41, 5.74) is -2.40. The molecule has 2 aromatic rings. The minimum atomic E-state index is -3.11. The SMILES string of the molecule is [2H]C([2H])([2H])C([2H])([2H])n1cc(C(=O)O)c(=O)c2ncc(N3CCCC3)nc21. The molecule has 110 valence electrons. The zero-order chi connectivity index (χ0) is 19.3. The third kappa shape index (κ3) is 2.24. The van der Waals surface area contributed by atoms with E-state index in [1.54, 1.807) is 0 Å². The number of carbonyl (C=O) groups is 1. The third-order valence-corrected chi connectivity index (χ3v) is 3.47. The summed E-state index contributed by atoms with van der Waals surface area (Å²) in [7, 11) is 0. The topological polar surface area (TPSA) is 88.3 Å². The molecule has 1 N–H and O–H groups in total. The predicted octanol–water partition coefficient (Wildman–Crippen LogP) is 1.11. The van der Waals surface area contributed by atoms with Crippen LogP contribution < -0.4 is 10.3 Å². The number of aryl methyl sites for hydroxylation is 1. The highest BCUT2D eigenvalue weighted by molar-refractivity contribution is 5.90. The van der Waals surface area contributed by atoms with Gasteiger partial charge in [0.2, 0.25) is 5.43 Å². The van der Waals surface area contributed by atoms with E-state index < -0.39 is 30.3 Å². The number of hydrogen-bond donors (Lipinski definition) is 1. The van der Waals surface area contributed by atoms with E-state index in [0.717, 1.165) is 12.8 Å². The lowest BCUT2D eigenvalue weighted by Gasteiger charge is -2.17. The van der Waals surface area contributed by atoms with Crippen LogP contribution in [-0.4, -0.2) is 38.7 Å². The molecular formula is C14H16N4O3. The van der Waals surface area contributed by atoms with Crippen LogP contribution in [-0.2, 0) is 6.50 Å². The first-order valence-electron chi connectivity index (χ1n) is 8.95. The molecule has 1 aliphatic rings. The molecular weight excluding hydrogens is 272 g/mol. The fourth-order valence-corrected chi connectivity index (χ4v) is 2.41. The normalized spacial score (nSPS) is 19.6. The third-order valence-electron chi connectivity index (χ3n) is 3.47. The largest absolute Gasteiger partial charge is 0.477 e. The van der Waals surface area contributed by atoms with Crippen LogP contribution in [0.3, 0.4) is 0 Å². The van der Waals surface area contributed by atoms with Crippen LogP contribution >= 0.6 is 0 Å². The number of nitrogens with zero attached hydrogens (tertiary/aromatic N) is 4. The van der Waals surface area contributed by atoms with Crippen LogP contribution in [0.25, 0.3) is 11.2 Å². The Morgan fingerprint density at radius 1 is 1.52 bits per heavy atom. The van der Waals surface area contributed by atoms with E-state index in [-0.39, 0.29) is 11.2 Å². The number of fused-ring (bicyclic) bond motifs is 1. The second kappa shape index (κ2) is 5.16. The fourth-order valence-electron chi connectivity index (χ4n) is 2.41. The number of hydrogen-bond acceptors (Lipinski definition) is 5. The van der Waals surface area contributed by atoms with Crippen molar-refractivity contribution < 1.29 is 16.8 Å². The average molecular weight is 293 g/mol. The smallest absolute Gasteiger partial charge is 0.341 e. The number of carboxylic acid groups (broad SMARTS) is 1. The van der Waals surface area contributed by atoms with Crippen molar-refractivity contribution in [3.63, 3.8) is 0 Å². The molecule has 7 heteroatoms. The first-order chi connectivity index (χ1) is 12.0. The van der Waals surface area contributed by atoms with Gasteiger partial charge >= 0.3 is 5.97 Å². The average Bonchev–Trinajstić information content (AvgIpc) is 3.07. The second-order valence-electron chi connectivity index (χ2n) is 4.75. The van der Waals surface area contributed by atoms with Gasteiger partial charge in [-0.05, 0) is 19.7 Å². The van der Waals surface area contributed by atoms with Crippen LogP contribution in [0, 0.1) is 0 Å². The Balaban J connectivity index is 2.35. The Hall–Kier alpha value is -2.44. The molecule has 21 heavy (non-hydrogen) atoms. The number of anilines is 1. The fraction of sp³-hybridized carbons (Fsp3) is 0.429. The molecule has 0 radical (unpaired) electrons. The molecule has 0 bridgehead atoms. The molecule has 0 atom stereocenters. The van der Waals surface area contributed by atoms with Crippen molar-refractivity contribution in [2.75, 3.05) is 18.0 Å². The molecule has 7 nitrogen and oxygen atoms in total. The second-order valence-corrected chi connectivity index (χ2v) is 4.75. The van der Waals surface area contributed by atoms with Crippen molar-refractivity contribution in [2.24, 2.45) is 0 Å². The molecule has 0 saturated carbocycles. The lowest BCUT2D eigenvalue weighted by molar-refractivity contribution is 0.0695. The highest BCUT2D eigenvalue weighted by Crippen LogP contribution is 2.19. The molecule has 1 fully saturated rings. The summed E-state index contributed by atoms with van der Waals surface area (Å²) >= 11 is 0. The number of rotatable bonds is 3. The van der Waals surface area contributed by atoms with Gasteiger partial charge in [0.25, 0.3) is 0 Å². The van der Waals surface area contributed by atoms with Crippen LogP contribution in [0.15, 0.2) is 17.2 Å². The molecule has 0 amide bonds. The quantitative estimate of drug-likeness (QED) is 0.912. The highest BCUT2D eigenvalue weighted by atomic mass is 16.4. The summed E-state index contributed by atoms with van der Waals surface area (Å²) in [5, 5.41) is 9.21. The molecule has 0 aromatic carbocycles. The van der Waals surface area contributed by atoms with Crippen molar-refractivity contribution in [3.8, 4) is 0 Å². The van der Waals surface area contributed by atoms with Crippen molar-refractivity contribution in [1.82, 2.24) is 14.5 Å². The van der Waals surface area contributed by atoms with Gasteiger partial charge in [-0.3, -0.25) is 4.79 Å². The van der Waals surface area contributed by atoms with Crippen molar-refractivity contribution in [2.45, 2.75) is 26.2 Å². The summed E-state index contributed by atoms with van der Waals surface area (Å²) in [6.07, 6.45) is 3.89. The van der Waals surface area contributed by atoms with Gasteiger partial charge in [0.1, 0.15) is 11.4 Å². The van der Waals surface area contributed by atoms with E-state index >= 15 is 0 Å². The summed E-state index contributed by atoms with van der Waals surface area (Å²) in [6, 6.07) is 0. The summed E-state index contributed by atoms with van der Waals surface area (Å²) < 4.78 is 38.9. The van der Waals surface area contributed by atoms with E-state index in [4.69, 9.17) is 6.85 Å². The van der Waals surface area contributed by atoms with Gasteiger partial charge in [-0.15, -0.1) is 0 Å². The molecule has 1 saturated heterocycles. The minimum Gasteiger partial charge on any atom is -0.477 e. The molecule has 0 unspecified atom stereocenters. The zero-order valence-electron chi connectivity index (χ0n) is 16.0. The van der Waals surface area contributed by atoms with E-state index in [9.17, 15) is 14.7 Å². The van der Waals surface area contributed by atoms with Gasteiger partial charge in [-0.25, -0.2) is 14.8 Å². The minimum absolute atomic E-state index is 0.300.